The molecule has 0 aliphatic rings. The highest BCUT2D eigenvalue weighted by atomic mass is 19.4. The van der Waals surface area contributed by atoms with Crippen LogP contribution in [0.1, 0.15) is 50.3 Å². The van der Waals surface area contributed by atoms with Crippen molar-refractivity contribution in [3.05, 3.63) is 35.4 Å². The van der Waals surface area contributed by atoms with Crippen LogP contribution in [0.4, 0.5) is 13.2 Å². The lowest BCUT2D eigenvalue weighted by molar-refractivity contribution is -0.148. The summed E-state index contributed by atoms with van der Waals surface area (Å²) in [5, 5.41) is 10.1. The molecule has 1 rings (SSSR count). The summed E-state index contributed by atoms with van der Waals surface area (Å²) in [6.45, 7) is 5.29. The molecule has 0 bridgehead atoms. The summed E-state index contributed by atoms with van der Waals surface area (Å²) >= 11 is 0. The zero-order chi connectivity index (χ0) is 16.0. The second kappa shape index (κ2) is 7.80. The van der Waals surface area contributed by atoms with E-state index in [0.29, 0.717) is 24.4 Å². The fourth-order valence-electron chi connectivity index (χ4n) is 2.26. The van der Waals surface area contributed by atoms with Crippen LogP contribution in [0.5, 0.6) is 0 Å². The molecule has 1 unspecified atom stereocenters. The topological polar surface area (TPSA) is 23.5 Å². The van der Waals surface area contributed by atoms with Crippen molar-refractivity contribution in [2.24, 2.45) is 0 Å². The zero-order valence-electron chi connectivity index (χ0n) is 12.8. The first-order chi connectivity index (χ1) is 9.73. The van der Waals surface area contributed by atoms with Crippen molar-refractivity contribution in [2.45, 2.75) is 45.4 Å². The van der Waals surface area contributed by atoms with Gasteiger partial charge in [-0.3, -0.25) is 4.90 Å². The smallest absolute Gasteiger partial charge is 0.387 e. The minimum Gasteiger partial charge on any atom is -0.387 e. The van der Waals surface area contributed by atoms with Crippen LogP contribution in [-0.4, -0.2) is 35.8 Å². The van der Waals surface area contributed by atoms with Crippen LogP contribution < -0.4 is 0 Å². The quantitative estimate of drug-likeness (QED) is 0.819. The normalized spacial score (nSPS) is 14.0. The van der Waals surface area contributed by atoms with Gasteiger partial charge in [-0.25, -0.2) is 0 Å². The molecule has 0 saturated heterocycles. The number of nitrogens with zero attached hydrogens (tertiary/aromatic N) is 1. The van der Waals surface area contributed by atoms with E-state index < -0.39 is 18.8 Å². The molecule has 0 aromatic heterocycles. The maximum Gasteiger partial charge on any atom is 0.401 e. The Morgan fingerprint density at radius 1 is 1.10 bits per heavy atom. The van der Waals surface area contributed by atoms with E-state index in [4.69, 9.17) is 0 Å². The van der Waals surface area contributed by atoms with Crippen molar-refractivity contribution in [3.8, 4) is 0 Å². The van der Waals surface area contributed by atoms with E-state index in [0.717, 1.165) is 5.56 Å². The summed E-state index contributed by atoms with van der Waals surface area (Å²) in [5.74, 6) is 0.387. The van der Waals surface area contributed by atoms with E-state index in [1.807, 2.05) is 19.1 Å². The second-order valence-corrected chi connectivity index (χ2v) is 5.69. The van der Waals surface area contributed by atoms with Gasteiger partial charge in [-0.1, -0.05) is 45.0 Å². The van der Waals surface area contributed by atoms with E-state index in [1.165, 1.54) is 4.90 Å². The summed E-state index contributed by atoms with van der Waals surface area (Å²) in [7, 11) is 0. The lowest BCUT2D eigenvalue weighted by Gasteiger charge is -2.25. The van der Waals surface area contributed by atoms with Crippen molar-refractivity contribution in [1.82, 2.24) is 4.90 Å². The van der Waals surface area contributed by atoms with Gasteiger partial charge in [-0.05, 0) is 30.0 Å². The molecule has 1 N–H and O–H groups in total. The first-order valence-corrected chi connectivity index (χ1v) is 7.30. The third kappa shape index (κ3) is 6.48. The van der Waals surface area contributed by atoms with Crippen molar-refractivity contribution in [3.63, 3.8) is 0 Å². The molecule has 1 aromatic carbocycles. The minimum atomic E-state index is -4.24. The number of benzene rings is 1. The van der Waals surface area contributed by atoms with Crippen molar-refractivity contribution in [2.75, 3.05) is 19.6 Å². The first kappa shape index (κ1) is 18.0. The SMILES string of the molecule is CCCN(CC(O)c1ccc(C(C)C)cc1)CC(F)(F)F. The van der Waals surface area contributed by atoms with Crippen LogP contribution in [-0.2, 0) is 0 Å². The predicted octanol–water partition coefficient (Wildman–Crippen LogP) is 4.12. The van der Waals surface area contributed by atoms with Crippen LogP contribution in [0.25, 0.3) is 0 Å². The van der Waals surface area contributed by atoms with E-state index in [1.54, 1.807) is 12.1 Å². The van der Waals surface area contributed by atoms with Crippen LogP contribution >= 0.6 is 0 Å². The average Bonchev–Trinajstić information content (AvgIpc) is 2.37. The van der Waals surface area contributed by atoms with Crippen molar-refractivity contribution < 1.29 is 18.3 Å². The molecule has 5 heteroatoms. The Labute approximate surface area is 124 Å². The van der Waals surface area contributed by atoms with Gasteiger partial charge >= 0.3 is 6.18 Å². The zero-order valence-corrected chi connectivity index (χ0v) is 12.8. The second-order valence-electron chi connectivity index (χ2n) is 5.69. The third-order valence-electron chi connectivity index (χ3n) is 3.36. The Morgan fingerprint density at radius 3 is 2.05 bits per heavy atom. The highest BCUT2D eigenvalue weighted by molar-refractivity contribution is 5.26. The summed E-state index contributed by atoms with van der Waals surface area (Å²) in [6.07, 6.45) is -4.52. The number of halogens is 3. The van der Waals surface area contributed by atoms with Gasteiger partial charge in [0, 0.05) is 6.54 Å². The van der Waals surface area contributed by atoms with E-state index in [2.05, 4.69) is 13.8 Å². The number of hydrogen-bond donors (Lipinski definition) is 1. The Bertz CT molecular complexity index is 415. The Kier molecular flexibility index (Phi) is 6.68. The van der Waals surface area contributed by atoms with Crippen LogP contribution in [0.3, 0.4) is 0 Å². The maximum atomic E-state index is 12.5. The van der Waals surface area contributed by atoms with Gasteiger partial charge in [0.2, 0.25) is 0 Å². The Hall–Kier alpha value is -1.07. The monoisotopic (exact) mass is 303 g/mol. The molecule has 2 nitrogen and oxygen atoms in total. The fraction of sp³-hybridized carbons (Fsp3) is 0.625. The Balaban J connectivity index is 2.69. The molecule has 0 aliphatic heterocycles. The molecule has 21 heavy (non-hydrogen) atoms. The van der Waals surface area contributed by atoms with Crippen LogP contribution in [0.15, 0.2) is 24.3 Å². The molecule has 0 spiro atoms. The molecule has 0 saturated carbocycles. The minimum absolute atomic E-state index is 0.00558. The van der Waals surface area contributed by atoms with Gasteiger partial charge in [0.1, 0.15) is 0 Å². The van der Waals surface area contributed by atoms with Crippen molar-refractivity contribution in [1.29, 1.82) is 0 Å². The van der Waals surface area contributed by atoms with Gasteiger partial charge in [-0.15, -0.1) is 0 Å². The average molecular weight is 303 g/mol. The molecule has 0 radical (unpaired) electrons. The Morgan fingerprint density at radius 2 is 1.62 bits per heavy atom. The lowest BCUT2D eigenvalue weighted by Crippen LogP contribution is -2.37. The van der Waals surface area contributed by atoms with Gasteiger partial charge in [0.05, 0.1) is 12.6 Å². The number of aliphatic hydroxyl groups is 1. The summed E-state index contributed by atoms with van der Waals surface area (Å²) in [5.41, 5.74) is 1.80. The molecular formula is C16H24F3NO. The van der Waals surface area contributed by atoms with Gasteiger partial charge < -0.3 is 5.11 Å². The van der Waals surface area contributed by atoms with Gasteiger partial charge in [-0.2, -0.15) is 13.2 Å². The molecular weight excluding hydrogens is 279 g/mol. The predicted molar refractivity (Wildman–Crippen MR) is 78.3 cm³/mol. The van der Waals surface area contributed by atoms with Crippen LogP contribution in [0, 0.1) is 0 Å². The fourth-order valence-corrected chi connectivity index (χ4v) is 2.26. The molecule has 0 aliphatic carbocycles. The van der Waals surface area contributed by atoms with Gasteiger partial charge in [0.25, 0.3) is 0 Å². The third-order valence-corrected chi connectivity index (χ3v) is 3.36. The molecule has 120 valence electrons. The largest absolute Gasteiger partial charge is 0.401 e. The summed E-state index contributed by atoms with van der Waals surface area (Å²) in [6, 6.07) is 7.41. The van der Waals surface area contributed by atoms with Gasteiger partial charge in [0.15, 0.2) is 0 Å². The van der Waals surface area contributed by atoms with E-state index in [-0.39, 0.29) is 6.54 Å². The number of aliphatic hydroxyl groups excluding tert-OH is 1. The first-order valence-electron chi connectivity index (χ1n) is 7.30. The van der Waals surface area contributed by atoms with E-state index in [9.17, 15) is 18.3 Å². The molecule has 0 amide bonds. The molecule has 1 atom stereocenters. The molecule has 0 heterocycles. The maximum absolute atomic E-state index is 12.5. The number of alkyl halides is 3. The highest BCUT2D eigenvalue weighted by Crippen LogP contribution is 2.22. The summed E-state index contributed by atoms with van der Waals surface area (Å²) < 4.78 is 37.5. The standard InChI is InChI=1S/C16H24F3NO/c1-4-9-20(11-16(17,18)19)10-15(21)14-7-5-13(6-8-14)12(2)3/h5-8,12,15,21H,4,9-11H2,1-3H3. The van der Waals surface area contributed by atoms with Crippen LogP contribution in [0.2, 0.25) is 0 Å². The van der Waals surface area contributed by atoms with Crippen molar-refractivity contribution >= 4 is 0 Å². The molecule has 1 aromatic rings. The highest BCUT2D eigenvalue weighted by Gasteiger charge is 2.31. The number of hydrogen-bond acceptors (Lipinski definition) is 2. The summed E-state index contributed by atoms with van der Waals surface area (Å²) in [4.78, 5) is 1.25. The molecule has 0 fully saturated rings. The van der Waals surface area contributed by atoms with E-state index >= 15 is 0 Å². The number of rotatable bonds is 7. The lowest BCUT2D eigenvalue weighted by atomic mass is 10.00.